The lowest BCUT2D eigenvalue weighted by atomic mass is 10.1. The number of pyridine rings is 1. The van der Waals surface area contributed by atoms with Crippen molar-refractivity contribution in [2.24, 2.45) is 0 Å². The number of nitrogens with one attached hydrogen (secondary N) is 1. The number of aromatic nitrogens is 1. The molecule has 34 heavy (non-hydrogen) atoms. The van der Waals surface area contributed by atoms with Gasteiger partial charge in [0.2, 0.25) is 0 Å². The smallest absolute Gasteiger partial charge is 0.291 e. The first-order valence-electron chi connectivity index (χ1n) is 10.7. The number of benzene rings is 2. The van der Waals surface area contributed by atoms with Gasteiger partial charge in [0, 0.05) is 17.5 Å². The van der Waals surface area contributed by atoms with Crippen LogP contribution >= 0.6 is 11.6 Å². The summed E-state index contributed by atoms with van der Waals surface area (Å²) in [5.74, 6) is -4.77. The molecule has 178 valence electrons. The Hall–Kier alpha value is -2.71. The summed E-state index contributed by atoms with van der Waals surface area (Å²) >= 11 is 5.98. The lowest BCUT2D eigenvalue weighted by molar-refractivity contribution is -0.00240. The maximum atomic E-state index is 15.0. The van der Waals surface area contributed by atoms with Gasteiger partial charge in [0.05, 0.1) is 37.7 Å². The first-order valence-corrected chi connectivity index (χ1v) is 12.2. The van der Waals surface area contributed by atoms with Crippen LogP contribution in [0.4, 0.5) is 13.2 Å². The zero-order valence-corrected chi connectivity index (χ0v) is 20.1. The number of carbonyl (C=O) groups is 1. The highest BCUT2D eigenvalue weighted by molar-refractivity contribution is 7.85. The van der Waals surface area contributed by atoms with E-state index in [1.54, 1.807) is 26.0 Å². The van der Waals surface area contributed by atoms with Crippen LogP contribution in [0.3, 0.4) is 0 Å². The number of alkyl halides is 2. The van der Waals surface area contributed by atoms with Crippen molar-refractivity contribution in [2.45, 2.75) is 48.3 Å². The van der Waals surface area contributed by atoms with Crippen LogP contribution < -0.4 is 5.32 Å². The Bertz CT molecular complexity index is 1300. The average molecular weight is 507 g/mol. The molecular weight excluding hydrogens is 485 g/mol. The largest absolute Gasteiger partial charge is 0.346 e. The second-order valence-corrected chi connectivity index (χ2v) is 10.2. The van der Waals surface area contributed by atoms with Crippen LogP contribution in [0.25, 0.3) is 0 Å². The van der Waals surface area contributed by atoms with Gasteiger partial charge >= 0.3 is 0 Å². The van der Waals surface area contributed by atoms with Crippen molar-refractivity contribution in [3.63, 3.8) is 0 Å². The molecule has 0 aliphatic heterocycles. The van der Waals surface area contributed by atoms with E-state index in [0.717, 1.165) is 18.4 Å². The van der Waals surface area contributed by atoms with Crippen molar-refractivity contribution >= 4 is 28.3 Å². The van der Waals surface area contributed by atoms with E-state index in [2.05, 4.69) is 10.3 Å². The molecule has 1 unspecified atom stereocenters. The lowest BCUT2D eigenvalue weighted by Crippen LogP contribution is -2.35. The first-order chi connectivity index (χ1) is 16.1. The summed E-state index contributed by atoms with van der Waals surface area (Å²) < 4.78 is 57.9. The molecule has 1 atom stereocenters. The van der Waals surface area contributed by atoms with E-state index < -0.39 is 40.6 Å². The van der Waals surface area contributed by atoms with Crippen molar-refractivity contribution in [1.29, 1.82) is 0 Å². The normalized spacial score (nSPS) is 14.6. The SMILES string of the molecule is Cc1ccc(C(F)(F)CNC(=O)c2cc(C)ncc2S(=O)c2cccc(C3CC3)c2F)c(Cl)c1. The fraction of sp³-hybridized carbons (Fsp3) is 0.280. The maximum Gasteiger partial charge on any atom is 0.291 e. The molecule has 4 nitrogen and oxygen atoms in total. The molecule has 1 aliphatic rings. The van der Waals surface area contributed by atoms with E-state index in [1.807, 2.05) is 0 Å². The number of nitrogens with zero attached hydrogens (tertiary/aromatic N) is 1. The second-order valence-electron chi connectivity index (χ2n) is 8.39. The monoisotopic (exact) mass is 506 g/mol. The molecule has 1 aromatic heterocycles. The highest BCUT2D eigenvalue weighted by atomic mass is 35.5. The van der Waals surface area contributed by atoms with E-state index >= 15 is 4.39 Å². The van der Waals surface area contributed by atoms with Gasteiger partial charge in [-0.15, -0.1) is 0 Å². The Morgan fingerprint density at radius 3 is 2.59 bits per heavy atom. The Kier molecular flexibility index (Phi) is 6.82. The molecular formula is C25H22ClF3N2O2S. The maximum absolute atomic E-state index is 15.0. The average Bonchev–Trinajstić information content (AvgIpc) is 3.62. The van der Waals surface area contributed by atoms with Gasteiger partial charge in [-0.05, 0) is 61.9 Å². The molecule has 0 saturated heterocycles. The standard InChI is InChI=1S/C25H22ClF3N2O2S/c1-14-6-9-19(20(26)10-14)25(28,29)13-31-24(32)18-11-15(2)30-12-22(18)34(33)21-5-3-4-17(23(21)27)16-7-8-16/h3-6,9-12,16H,7-8,13H2,1-2H3,(H,31,32). The fourth-order valence-electron chi connectivity index (χ4n) is 3.67. The van der Waals surface area contributed by atoms with E-state index in [9.17, 15) is 17.8 Å². The summed E-state index contributed by atoms with van der Waals surface area (Å²) in [6.07, 6.45) is 2.95. The van der Waals surface area contributed by atoms with Gasteiger partial charge < -0.3 is 5.32 Å². The summed E-state index contributed by atoms with van der Waals surface area (Å²) in [4.78, 5) is 16.9. The minimum absolute atomic E-state index is 0.0494. The molecule has 1 aliphatic carbocycles. The molecule has 1 saturated carbocycles. The number of amides is 1. The van der Waals surface area contributed by atoms with Gasteiger partial charge in [-0.3, -0.25) is 9.78 Å². The second kappa shape index (κ2) is 9.50. The number of carbonyl (C=O) groups excluding carboxylic acids is 1. The minimum atomic E-state index is -3.44. The summed E-state index contributed by atoms with van der Waals surface area (Å²) in [5.41, 5.74) is 1.13. The van der Waals surface area contributed by atoms with E-state index in [1.165, 1.54) is 36.5 Å². The third kappa shape index (κ3) is 5.03. The molecule has 3 aromatic rings. The van der Waals surface area contributed by atoms with Crippen LogP contribution in [0.15, 0.2) is 58.5 Å². The molecule has 0 radical (unpaired) electrons. The Morgan fingerprint density at radius 2 is 1.91 bits per heavy atom. The van der Waals surface area contributed by atoms with Crippen LogP contribution in [0.5, 0.6) is 0 Å². The summed E-state index contributed by atoms with van der Waals surface area (Å²) in [6.45, 7) is 2.32. The first kappa shape index (κ1) is 24.4. The van der Waals surface area contributed by atoms with Crippen LogP contribution in [-0.4, -0.2) is 21.6 Å². The highest BCUT2D eigenvalue weighted by Gasteiger charge is 2.35. The zero-order chi connectivity index (χ0) is 24.6. The molecule has 9 heteroatoms. The summed E-state index contributed by atoms with van der Waals surface area (Å²) in [5, 5.41) is 2.10. The van der Waals surface area contributed by atoms with Gasteiger partial charge in [0.1, 0.15) is 5.82 Å². The Morgan fingerprint density at radius 1 is 1.18 bits per heavy atom. The molecule has 1 N–H and O–H groups in total. The van der Waals surface area contributed by atoms with Gasteiger partial charge in [-0.1, -0.05) is 35.9 Å². The van der Waals surface area contributed by atoms with Crippen LogP contribution in [-0.2, 0) is 16.7 Å². The molecule has 0 bridgehead atoms. The third-order valence-electron chi connectivity index (χ3n) is 5.65. The number of rotatable bonds is 7. The van der Waals surface area contributed by atoms with E-state index in [0.29, 0.717) is 11.3 Å². The Balaban J connectivity index is 1.60. The third-order valence-corrected chi connectivity index (χ3v) is 7.40. The lowest BCUT2D eigenvalue weighted by Gasteiger charge is -2.19. The highest BCUT2D eigenvalue weighted by Crippen LogP contribution is 2.42. The minimum Gasteiger partial charge on any atom is -0.346 e. The number of hydrogen-bond acceptors (Lipinski definition) is 3. The Labute approximate surface area is 203 Å². The van der Waals surface area contributed by atoms with E-state index in [4.69, 9.17) is 11.6 Å². The summed E-state index contributed by atoms with van der Waals surface area (Å²) in [7, 11) is -2.07. The van der Waals surface area contributed by atoms with Gasteiger partial charge in [-0.25, -0.2) is 8.60 Å². The zero-order valence-electron chi connectivity index (χ0n) is 18.5. The van der Waals surface area contributed by atoms with Gasteiger partial charge in [-0.2, -0.15) is 8.78 Å². The van der Waals surface area contributed by atoms with Crippen molar-refractivity contribution in [3.05, 3.63) is 87.4 Å². The molecule has 2 aromatic carbocycles. The van der Waals surface area contributed by atoms with Gasteiger partial charge in [0.25, 0.3) is 11.8 Å². The van der Waals surface area contributed by atoms with Crippen molar-refractivity contribution in [2.75, 3.05) is 6.54 Å². The quantitative estimate of drug-likeness (QED) is 0.424. The summed E-state index contributed by atoms with van der Waals surface area (Å²) in [6, 6.07) is 10.2. The van der Waals surface area contributed by atoms with Gasteiger partial charge in [0.15, 0.2) is 0 Å². The van der Waals surface area contributed by atoms with Crippen molar-refractivity contribution in [1.82, 2.24) is 10.3 Å². The molecule has 1 heterocycles. The topological polar surface area (TPSA) is 59.1 Å². The van der Waals surface area contributed by atoms with Crippen molar-refractivity contribution in [3.8, 4) is 0 Å². The van der Waals surface area contributed by atoms with Crippen molar-refractivity contribution < 1.29 is 22.2 Å². The predicted molar refractivity (Wildman–Crippen MR) is 124 cm³/mol. The molecule has 1 amide bonds. The number of aryl methyl sites for hydroxylation is 2. The molecule has 0 spiro atoms. The number of hydrogen-bond donors (Lipinski definition) is 1. The molecule has 4 rings (SSSR count). The fourth-order valence-corrected chi connectivity index (χ4v) is 5.26. The number of halogens is 4. The predicted octanol–water partition coefficient (Wildman–Crippen LogP) is 6.06. The molecule has 1 fully saturated rings. The van der Waals surface area contributed by atoms with Crippen LogP contribution in [0.1, 0.15) is 51.5 Å². The van der Waals surface area contributed by atoms with Crippen LogP contribution in [0.2, 0.25) is 5.02 Å². The van der Waals surface area contributed by atoms with Crippen LogP contribution in [0, 0.1) is 19.7 Å². The van der Waals surface area contributed by atoms with E-state index in [-0.39, 0.29) is 26.3 Å².